The molecule has 0 bridgehead atoms. The second-order valence-corrected chi connectivity index (χ2v) is 11.9. The summed E-state index contributed by atoms with van der Waals surface area (Å²) >= 11 is 0. The van der Waals surface area contributed by atoms with Crippen molar-refractivity contribution in [3.8, 4) is 39.1 Å². The molecule has 2 nitrogen and oxygen atoms in total. The predicted molar refractivity (Wildman–Crippen MR) is 212 cm³/mol. The molecule has 8 aromatic carbocycles. The van der Waals surface area contributed by atoms with Crippen LogP contribution in [0.2, 0.25) is 0 Å². The van der Waals surface area contributed by atoms with Gasteiger partial charge < -0.3 is 9.47 Å². The van der Waals surface area contributed by atoms with Crippen LogP contribution in [0.5, 0.6) is 0 Å². The molecule has 0 radical (unpaired) electrons. The normalized spacial score (nSPS) is 14.0. The first kappa shape index (κ1) is 20.7. The summed E-state index contributed by atoms with van der Waals surface area (Å²) in [7, 11) is 0. The lowest BCUT2D eigenvalue weighted by Crippen LogP contribution is -2.09. The van der Waals surface area contributed by atoms with E-state index in [0.717, 1.165) is 44.3 Å². The van der Waals surface area contributed by atoms with E-state index in [0.29, 0.717) is 22.5 Å². The molecule has 1 aromatic heterocycles. The van der Waals surface area contributed by atoms with Crippen LogP contribution in [0.3, 0.4) is 0 Å². The van der Waals surface area contributed by atoms with E-state index < -0.39 is 36.3 Å². The van der Waals surface area contributed by atoms with E-state index in [1.807, 2.05) is 59.5 Å². The number of para-hydroxylation sites is 2. The number of aromatic nitrogens is 1. The molecule has 0 amide bonds. The maximum Gasteiger partial charge on any atom is 0.0629 e. The number of nitrogens with zero attached hydrogens (tertiary/aromatic N) is 2. The van der Waals surface area contributed by atoms with Gasteiger partial charge in [0.1, 0.15) is 0 Å². The zero-order valence-electron chi connectivity index (χ0n) is 36.8. The molecular weight excluding hydrogens is 605 g/mol. The first-order chi connectivity index (χ1) is 28.9. The van der Waals surface area contributed by atoms with Crippen LogP contribution in [-0.2, 0) is 0 Å². The van der Waals surface area contributed by atoms with Crippen molar-refractivity contribution in [2.24, 2.45) is 0 Å². The van der Waals surface area contributed by atoms with Crippen LogP contribution >= 0.6 is 0 Å². The summed E-state index contributed by atoms with van der Waals surface area (Å²) in [5.41, 5.74) is 8.73. The van der Waals surface area contributed by atoms with E-state index in [-0.39, 0.29) is 35.3 Å². The third-order valence-corrected chi connectivity index (χ3v) is 8.97. The summed E-state index contributed by atoms with van der Waals surface area (Å²) in [6.07, 6.45) is 0. The summed E-state index contributed by atoms with van der Waals surface area (Å²) in [5.74, 6) is 0. The minimum absolute atomic E-state index is 0.107. The molecule has 0 aliphatic rings. The molecule has 0 saturated heterocycles. The molecule has 0 spiro atoms. The van der Waals surface area contributed by atoms with Crippen molar-refractivity contribution in [3.63, 3.8) is 0 Å². The Balaban J connectivity index is 1.13. The van der Waals surface area contributed by atoms with Crippen LogP contribution in [0.25, 0.3) is 60.9 Å². The highest BCUT2D eigenvalue weighted by molar-refractivity contribution is 6.10. The topological polar surface area (TPSA) is 8.17 Å². The molecular formula is C48H34N2. The lowest BCUT2D eigenvalue weighted by Gasteiger charge is -2.26. The molecule has 0 atom stereocenters. The van der Waals surface area contributed by atoms with Gasteiger partial charge in [-0.05, 0) is 100 Å². The maximum absolute atomic E-state index is 8.51. The van der Waals surface area contributed by atoms with E-state index >= 15 is 0 Å². The van der Waals surface area contributed by atoms with Crippen molar-refractivity contribution in [2.75, 3.05) is 4.90 Å². The lowest BCUT2D eigenvalue weighted by atomic mass is 10.0. The first-order valence-corrected chi connectivity index (χ1v) is 16.3. The monoisotopic (exact) mass is 648 g/mol. The van der Waals surface area contributed by atoms with Gasteiger partial charge in [0.2, 0.25) is 0 Å². The second-order valence-electron chi connectivity index (χ2n) is 11.9. The summed E-state index contributed by atoms with van der Waals surface area (Å²) in [6, 6.07) is 43.9. The van der Waals surface area contributed by atoms with Gasteiger partial charge in [-0.15, -0.1) is 0 Å². The fraction of sp³-hybridized carbons (Fsp3) is 0. The fourth-order valence-electron chi connectivity index (χ4n) is 6.60. The minimum Gasteiger partial charge on any atom is -0.311 e. The van der Waals surface area contributed by atoms with Gasteiger partial charge in [-0.25, -0.2) is 0 Å². The van der Waals surface area contributed by atoms with Gasteiger partial charge in [0.05, 0.1) is 24.7 Å². The number of hydrogen-bond donors (Lipinski definition) is 0. The fourth-order valence-corrected chi connectivity index (χ4v) is 6.60. The molecule has 236 valence electrons. The van der Waals surface area contributed by atoms with Crippen molar-refractivity contribution < 1.29 is 13.7 Å². The van der Waals surface area contributed by atoms with Crippen molar-refractivity contribution in [2.45, 2.75) is 0 Å². The third kappa shape index (κ3) is 5.43. The molecule has 50 heavy (non-hydrogen) atoms. The first-order valence-electron chi connectivity index (χ1n) is 21.3. The minimum atomic E-state index is -0.453. The number of hydrogen-bond acceptors (Lipinski definition) is 1. The van der Waals surface area contributed by atoms with E-state index in [4.69, 9.17) is 13.7 Å². The van der Waals surface area contributed by atoms with Gasteiger partial charge in [0, 0.05) is 33.5 Å². The Morgan fingerprint density at radius 2 is 0.800 bits per heavy atom. The van der Waals surface area contributed by atoms with E-state index in [1.54, 1.807) is 24.3 Å². The molecule has 0 unspecified atom stereocenters. The van der Waals surface area contributed by atoms with Crippen LogP contribution in [0, 0.1) is 0 Å². The standard InChI is InChI=1S/C48H34N2/c1-4-12-35(13-5-1)37-20-27-42(28-21-37)49(43-29-22-38(23-30-43)36-14-6-2-7-15-36)44-31-24-39(25-32-44)40-26-33-48-46(34-40)45-18-10-11-19-47(45)50(48)41-16-8-3-9-17-41/h1-34H/i1D,2D,4D,5D,6D,7D,12D,13D,14D,15D. The van der Waals surface area contributed by atoms with Crippen molar-refractivity contribution in [1.82, 2.24) is 4.57 Å². The van der Waals surface area contributed by atoms with Crippen LogP contribution in [0.1, 0.15) is 13.7 Å². The van der Waals surface area contributed by atoms with Gasteiger partial charge in [0.25, 0.3) is 0 Å². The zero-order chi connectivity index (χ0) is 42.0. The van der Waals surface area contributed by atoms with Crippen LogP contribution in [0.4, 0.5) is 17.1 Å². The highest BCUT2D eigenvalue weighted by Crippen LogP contribution is 2.39. The highest BCUT2D eigenvalue weighted by atomic mass is 15.1. The number of benzene rings is 8. The quantitative estimate of drug-likeness (QED) is 0.167. The second kappa shape index (κ2) is 12.8. The van der Waals surface area contributed by atoms with Crippen molar-refractivity contribution >= 4 is 38.9 Å². The average molecular weight is 649 g/mol. The molecule has 0 N–H and O–H groups in total. The summed E-state index contributed by atoms with van der Waals surface area (Å²) in [6.45, 7) is 0. The third-order valence-electron chi connectivity index (χ3n) is 8.97. The Hall–Kier alpha value is -6.64. The summed E-state index contributed by atoms with van der Waals surface area (Å²) < 4.78 is 85.1. The molecule has 0 fully saturated rings. The van der Waals surface area contributed by atoms with Gasteiger partial charge in [-0.2, -0.15) is 0 Å². The highest BCUT2D eigenvalue weighted by Gasteiger charge is 2.16. The largest absolute Gasteiger partial charge is 0.311 e. The molecule has 2 heteroatoms. The number of fused-ring (bicyclic) bond motifs is 3. The van der Waals surface area contributed by atoms with Gasteiger partial charge >= 0.3 is 0 Å². The van der Waals surface area contributed by atoms with Crippen LogP contribution in [0.15, 0.2) is 206 Å². The van der Waals surface area contributed by atoms with Crippen LogP contribution < -0.4 is 4.90 Å². The Morgan fingerprint density at radius 3 is 1.34 bits per heavy atom. The molecule has 0 aliphatic heterocycles. The molecule has 9 rings (SSSR count). The average Bonchev–Trinajstić information content (AvgIpc) is 3.62. The predicted octanol–water partition coefficient (Wildman–Crippen LogP) is 13.3. The van der Waals surface area contributed by atoms with E-state index in [2.05, 4.69) is 71.3 Å². The lowest BCUT2D eigenvalue weighted by molar-refractivity contribution is 1.18. The molecule has 9 aromatic rings. The Morgan fingerprint density at radius 1 is 0.360 bits per heavy atom. The smallest absolute Gasteiger partial charge is 0.0629 e. The van der Waals surface area contributed by atoms with Crippen LogP contribution in [-0.4, -0.2) is 4.57 Å². The van der Waals surface area contributed by atoms with Gasteiger partial charge in [-0.1, -0.05) is 139 Å². The summed E-state index contributed by atoms with van der Waals surface area (Å²) in [4.78, 5) is 2.00. The van der Waals surface area contributed by atoms with E-state index in [9.17, 15) is 0 Å². The maximum atomic E-state index is 8.51. The SMILES string of the molecule is [2H]c1c([2H])c([2H])c(-c2ccc(N(c3ccc(-c4ccc5c(c4)c4ccccc4n5-c4ccccc4)cc3)c3ccc(-c4c([2H])c([2H])c([2H])c([2H])c4[2H])cc3)cc2)c([2H])c1[2H]. The Bertz CT molecular complexity index is 2960. The molecule has 0 saturated carbocycles. The summed E-state index contributed by atoms with van der Waals surface area (Å²) in [5, 5.41) is 2.29. The Labute approximate surface area is 306 Å². The number of anilines is 3. The Kier molecular flexibility index (Phi) is 5.27. The molecule has 0 aliphatic carbocycles. The number of rotatable bonds is 7. The van der Waals surface area contributed by atoms with Gasteiger partial charge in [-0.3, -0.25) is 0 Å². The van der Waals surface area contributed by atoms with Crippen molar-refractivity contribution in [1.29, 1.82) is 0 Å². The van der Waals surface area contributed by atoms with E-state index in [1.165, 1.54) is 0 Å². The van der Waals surface area contributed by atoms with Crippen molar-refractivity contribution in [3.05, 3.63) is 206 Å². The van der Waals surface area contributed by atoms with Gasteiger partial charge in [0.15, 0.2) is 0 Å². The molecule has 1 heterocycles. The zero-order valence-corrected chi connectivity index (χ0v) is 26.8.